The first kappa shape index (κ1) is 6.14. The zero-order chi connectivity index (χ0) is 5.98. The third-order valence-electron chi connectivity index (χ3n) is 1.78. The van der Waals surface area contributed by atoms with Gasteiger partial charge >= 0.3 is 11.7 Å². The SMILES string of the molecule is CC1CCC([S+]=O)C1. The molecule has 0 aromatic rings. The number of rotatable bonds is 1. The molecule has 1 aliphatic rings. The highest BCUT2D eigenvalue weighted by molar-refractivity contribution is 7.66. The molecule has 0 saturated heterocycles. The Morgan fingerprint density at radius 2 is 2.25 bits per heavy atom. The monoisotopic (exact) mass is 131 g/mol. The average molecular weight is 131 g/mol. The zero-order valence-corrected chi connectivity index (χ0v) is 5.91. The van der Waals surface area contributed by atoms with E-state index in [9.17, 15) is 4.21 Å². The van der Waals surface area contributed by atoms with Crippen LogP contribution in [-0.4, -0.2) is 5.25 Å². The van der Waals surface area contributed by atoms with Gasteiger partial charge in [-0.25, -0.2) is 0 Å². The van der Waals surface area contributed by atoms with E-state index < -0.39 is 0 Å². The lowest BCUT2D eigenvalue weighted by Crippen LogP contribution is -1.96. The van der Waals surface area contributed by atoms with E-state index in [0.29, 0.717) is 5.25 Å². The van der Waals surface area contributed by atoms with Gasteiger partial charge in [0, 0.05) is 17.1 Å². The fourth-order valence-corrected chi connectivity index (χ4v) is 1.88. The molecule has 0 aromatic heterocycles. The summed E-state index contributed by atoms with van der Waals surface area (Å²) >= 11 is 0.786. The summed E-state index contributed by atoms with van der Waals surface area (Å²) in [5.41, 5.74) is 0. The zero-order valence-electron chi connectivity index (χ0n) is 5.09. The third-order valence-corrected chi connectivity index (χ3v) is 2.48. The fraction of sp³-hybridized carbons (Fsp3) is 1.00. The lowest BCUT2D eigenvalue weighted by atomic mass is 10.1. The molecule has 0 bridgehead atoms. The molecular formula is C6H11OS+. The molecule has 1 aliphatic carbocycles. The quantitative estimate of drug-likeness (QED) is 0.494. The average Bonchev–Trinajstić information content (AvgIpc) is 2.14. The molecule has 0 amide bonds. The molecule has 0 heterocycles. The summed E-state index contributed by atoms with van der Waals surface area (Å²) in [6.45, 7) is 2.22. The van der Waals surface area contributed by atoms with E-state index >= 15 is 0 Å². The van der Waals surface area contributed by atoms with Gasteiger partial charge in [0.2, 0.25) is 5.25 Å². The van der Waals surface area contributed by atoms with Gasteiger partial charge in [-0.05, 0) is 12.3 Å². The van der Waals surface area contributed by atoms with Gasteiger partial charge in [-0.1, -0.05) is 6.92 Å². The van der Waals surface area contributed by atoms with Crippen molar-refractivity contribution < 1.29 is 4.21 Å². The Bertz CT molecular complexity index is 92.5. The highest BCUT2D eigenvalue weighted by atomic mass is 32.1. The minimum Gasteiger partial charge on any atom is -0.0623 e. The molecule has 8 heavy (non-hydrogen) atoms. The lowest BCUT2D eigenvalue weighted by molar-refractivity contribution is 0.590. The van der Waals surface area contributed by atoms with E-state index in [1.165, 1.54) is 6.42 Å². The molecular weight excluding hydrogens is 120 g/mol. The molecule has 0 N–H and O–H groups in total. The van der Waals surface area contributed by atoms with Crippen molar-refractivity contribution in [3.63, 3.8) is 0 Å². The van der Waals surface area contributed by atoms with E-state index in [1.54, 1.807) is 0 Å². The minimum atomic E-state index is 0.435. The Kier molecular flexibility index (Phi) is 1.95. The third kappa shape index (κ3) is 1.25. The van der Waals surface area contributed by atoms with Crippen molar-refractivity contribution in [2.45, 2.75) is 31.4 Å². The normalized spacial score (nSPS) is 37.6. The van der Waals surface area contributed by atoms with Crippen LogP contribution < -0.4 is 0 Å². The summed E-state index contributed by atoms with van der Waals surface area (Å²) in [6.07, 6.45) is 3.56. The fourth-order valence-electron chi connectivity index (χ4n) is 1.24. The van der Waals surface area contributed by atoms with E-state index in [-0.39, 0.29) is 0 Å². The summed E-state index contributed by atoms with van der Waals surface area (Å²) in [7, 11) is 0. The van der Waals surface area contributed by atoms with Crippen molar-refractivity contribution in [2.75, 3.05) is 0 Å². The maximum Gasteiger partial charge on any atom is 0.462 e. The molecule has 2 heteroatoms. The molecule has 1 fully saturated rings. The Morgan fingerprint density at radius 3 is 2.50 bits per heavy atom. The van der Waals surface area contributed by atoms with Gasteiger partial charge in [0.15, 0.2) is 0 Å². The molecule has 1 saturated carbocycles. The van der Waals surface area contributed by atoms with Crippen molar-refractivity contribution in [3.8, 4) is 0 Å². The van der Waals surface area contributed by atoms with Gasteiger partial charge in [0.1, 0.15) is 0 Å². The maximum absolute atomic E-state index is 10.2. The highest BCUT2D eigenvalue weighted by Crippen LogP contribution is 2.25. The molecule has 1 rings (SSSR count). The molecule has 0 aliphatic heterocycles. The largest absolute Gasteiger partial charge is 0.462 e. The van der Waals surface area contributed by atoms with Crippen LogP contribution in [0, 0.1) is 5.92 Å². The van der Waals surface area contributed by atoms with Crippen molar-refractivity contribution in [1.82, 2.24) is 0 Å². The first-order valence-corrected chi connectivity index (χ1v) is 3.92. The Balaban J connectivity index is 2.32. The van der Waals surface area contributed by atoms with Crippen molar-refractivity contribution in [3.05, 3.63) is 0 Å². The Labute approximate surface area is 54.0 Å². The molecule has 0 spiro atoms. The second-order valence-electron chi connectivity index (χ2n) is 2.64. The molecule has 0 radical (unpaired) electrons. The van der Waals surface area contributed by atoms with Crippen molar-refractivity contribution in [1.29, 1.82) is 0 Å². The second kappa shape index (κ2) is 2.53. The van der Waals surface area contributed by atoms with E-state index in [0.717, 1.165) is 30.4 Å². The minimum absolute atomic E-state index is 0.435. The van der Waals surface area contributed by atoms with E-state index in [2.05, 4.69) is 6.92 Å². The van der Waals surface area contributed by atoms with Gasteiger partial charge < -0.3 is 0 Å². The van der Waals surface area contributed by atoms with Gasteiger partial charge in [0.25, 0.3) is 0 Å². The predicted molar refractivity (Wildman–Crippen MR) is 34.9 cm³/mol. The topological polar surface area (TPSA) is 17.1 Å². The van der Waals surface area contributed by atoms with Crippen LogP contribution >= 0.6 is 0 Å². The summed E-state index contributed by atoms with van der Waals surface area (Å²) in [6, 6.07) is 0. The van der Waals surface area contributed by atoms with Gasteiger partial charge in [-0.2, -0.15) is 0 Å². The standard InChI is InChI=1S/C6H11OS/c1-5-2-3-6(4-5)8-7/h5-6H,2-4H2,1H3/q+1. The van der Waals surface area contributed by atoms with Crippen LogP contribution in [0.5, 0.6) is 0 Å². The molecule has 46 valence electrons. The number of hydrogen-bond donors (Lipinski definition) is 0. The molecule has 2 atom stereocenters. The van der Waals surface area contributed by atoms with E-state index in [1.807, 2.05) is 0 Å². The van der Waals surface area contributed by atoms with Crippen LogP contribution in [0.3, 0.4) is 0 Å². The summed E-state index contributed by atoms with van der Waals surface area (Å²) in [5, 5.41) is 0.435. The van der Waals surface area contributed by atoms with Crippen LogP contribution in [0.4, 0.5) is 0 Å². The first-order chi connectivity index (χ1) is 3.83. The summed E-state index contributed by atoms with van der Waals surface area (Å²) in [4.78, 5) is 0. The van der Waals surface area contributed by atoms with Crippen LogP contribution in [0.25, 0.3) is 0 Å². The van der Waals surface area contributed by atoms with E-state index in [4.69, 9.17) is 0 Å². The predicted octanol–water partition coefficient (Wildman–Crippen LogP) is 1.60. The summed E-state index contributed by atoms with van der Waals surface area (Å²) in [5.74, 6) is 0.807. The van der Waals surface area contributed by atoms with Crippen LogP contribution in [0.15, 0.2) is 0 Å². The lowest BCUT2D eigenvalue weighted by Gasteiger charge is -1.90. The van der Waals surface area contributed by atoms with Gasteiger partial charge in [-0.3, -0.25) is 0 Å². The van der Waals surface area contributed by atoms with Crippen molar-refractivity contribution in [2.24, 2.45) is 5.92 Å². The second-order valence-corrected chi connectivity index (χ2v) is 3.50. The van der Waals surface area contributed by atoms with Crippen LogP contribution in [0.2, 0.25) is 0 Å². The van der Waals surface area contributed by atoms with Gasteiger partial charge in [0.05, 0.1) is 0 Å². The molecule has 1 nitrogen and oxygen atoms in total. The van der Waals surface area contributed by atoms with Gasteiger partial charge in [-0.15, -0.1) is 0 Å². The maximum atomic E-state index is 10.2. The summed E-state index contributed by atoms with van der Waals surface area (Å²) < 4.78 is 10.2. The highest BCUT2D eigenvalue weighted by Gasteiger charge is 2.30. The van der Waals surface area contributed by atoms with Crippen molar-refractivity contribution >= 4 is 11.7 Å². The number of hydrogen-bond acceptors (Lipinski definition) is 1. The van der Waals surface area contributed by atoms with Crippen LogP contribution in [-0.2, 0) is 15.9 Å². The Hall–Kier alpha value is 0.0200. The smallest absolute Gasteiger partial charge is 0.0623 e. The molecule has 2 unspecified atom stereocenters. The first-order valence-electron chi connectivity index (χ1n) is 3.11. The Morgan fingerprint density at radius 1 is 1.50 bits per heavy atom. The van der Waals surface area contributed by atoms with Crippen LogP contribution in [0.1, 0.15) is 26.2 Å². The molecule has 0 aromatic carbocycles.